The van der Waals surface area contributed by atoms with E-state index in [1.54, 1.807) is 22.9 Å². The highest BCUT2D eigenvalue weighted by Crippen LogP contribution is 2.22. The zero-order valence-corrected chi connectivity index (χ0v) is 11.5. The first-order valence-electron chi connectivity index (χ1n) is 6.60. The molecule has 0 spiro atoms. The third-order valence-electron chi connectivity index (χ3n) is 3.73. The lowest BCUT2D eigenvalue weighted by Crippen LogP contribution is -2.40. The van der Waals surface area contributed by atoms with Gasteiger partial charge >= 0.3 is 5.97 Å². The fourth-order valence-corrected chi connectivity index (χ4v) is 2.61. The zero-order chi connectivity index (χ0) is 15.0. The molecule has 2 unspecified atom stereocenters. The molecule has 1 fully saturated rings. The number of pyridine rings is 1. The number of carbonyl (C=O) groups is 2. The molecule has 3 heterocycles. The zero-order valence-electron chi connectivity index (χ0n) is 11.5. The van der Waals surface area contributed by atoms with Crippen LogP contribution in [0.5, 0.6) is 0 Å². The Morgan fingerprint density at radius 3 is 2.90 bits per heavy atom. The largest absolute Gasteiger partial charge is 0.480 e. The number of amides is 1. The minimum atomic E-state index is -1.02. The van der Waals surface area contributed by atoms with Crippen molar-refractivity contribution in [2.75, 3.05) is 13.7 Å². The fourth-order valence-electron chi connectivity index (χ4n) is 2.61. The molecule has 1 amide bonds. The summed E-state index contributed by atoms with van der Waals surface area (Å²) in [6.07, 6.45) is 3.43. The highest BCUT2D eigenvalue weighted by molar-refractivity contribution is 5.96. The lowest BCUT2D eigenvalue weighted by atomic mass is 10.2. The van der Waals surface area contributed by atoms with Gasteiger partial charge in [0.1, 0.15) is 17.4 Å². The van der Waals surface area contributed by atoms with Crippen LogP contribution in [0.25, 0.3) is 5.65 Å². The summed E-state index contributed by atoms with van der Waals surface area (Å²) in [7, 11) is 1.52. The number of hydrogen-bond donors (Lipinski definition) is 1. The van der Waals surface area contributed by atoms with E-state index < -0.39 is 12.0 Å². The fraction of sp³-hybridized carbons (Fsp3) is 0.357. The Hall–Kier alpha value is -2.41. The van der Waals surface area contributed by atoms with Crippen molar-refractivity contribution in [3.63, 3.8) is 0 Å². The van der Waals surface area contributed by atoms with E-state index in [2.05, 4.69) is 4.98 Å². The predicted molar refractivity (Wildman–Crippen MR) is 73.1 cm³/mol. The monoisotopic (exact) mass is 289 g/mol. The molecular formula is C14H15N3O4. The molecule has 0 radical (unpaired) electrons. The first-order valence-corrected chi connectivity index (χ1v) is 6.60. The summed E-state index contributed by atoms with van der Waals surface area (Å²) in [4.78, 5) is 29.4. The van der Waals surface area contributed by atoms with Gasteiger partial charge in [-0.2, -0.15) is 0 Å². The summed E-state index contributed by atoms with van der Waals surface area (Å²) in [6.45, 7) is 0.264. The molecule has 2 aromatic heterocycles. The van der Waals surface area contributed by atoms with Crippen molar-refractivity contribution >= 4 is 17.5 Å². The van der Waals surface area contributed by atoms with E-state index in [0.29, 0.717) is 12.1 Å². The van der Waals surface area contributed by atoms with Crippen molar-refractivity contribution in [1.29, 1.82) is 0 Å². The number of methoxy groups -OCH3 is 1. The summed E-state index contributed by atoms with van der Waals surface area (Å²) < 4.78 is 6.91. The van der Waals surface area contributed by atoms with E-state index in [-0.39, 0.29) is 24.2 Å². The van der Waals surface area contributed by atoms with Crippen molar-refractivity contribution in [3.8, 4) is 0 Å². The average Bonchev–Trinajstić information content (AvgIpc) is 3.10. The molecule has 0 aromatic carbocycles. The Morgan fingerprint density at radius 1 is 1.43 bits per heavy atom. The second kappa shape index (κ2) is 5.17. The predicted octanol–water partition coefficient (Wildman–Crippen LogP) is 0.648. The third-order valence-corrected chi connectivity index (χ3v) is 3.73. The maximum atomic E-state index is 12.5. The van der Waals surface area contributed by atoms with Crippen molar-refractivity contribution in [2.24, 2.45) is 0 Å². The van der Waals surface area contributed by atoms with Crippen molar-refractivity contribution < 1.29 is 19.4 Å². The van der Waals surface area contributed by atoms with E-state index in [4.69, 9.17) is 4.74 Å². The molecule has 0 aliphatic carbocycles. The molecule has 21 heavy (non-hydrogen) atoms. The van der Waals surface area contributed by atoms with Crippen LogP contribution in [0.3, 0.4) is 0 Å². The van der Waals surface area contributed by atoms with E-state index >= 15 is 0 Å². The summed E-state index contributed by atoms with van der Waals surface area (Å²) in [5, 5.41) is 9.26. The second-order valence-corrected chi connectivity index (χ2v) is 5.00. The topological polar surface area (TPSA) is 84.1 Å². The maximum absolute atomic E-state index is 12.5. The number of nitrogens with zero attached hydrogens (tertiary/aromatic N) is 3. The lowest BCUT2D eigenvalue weighted by Gasteiger charge is -2.19. The highest BCUT2D eigenvalue weighted by Gasteiger charge is 2.40. The van der Waals surface area contributed by atoms with Crippen LogP contribution in [0.4, 0.5) is 0 Å². The van der Waals surface area contributed by atoms with Crippen LogP contribution in [-0.4, -0.2) is 57.1 Å². The van der Waals surface area contributed by atoms with Crippen LogP contribution in [0.1, 0.15) is 16.9 Å². The van der Waals surface area contributed by atoms with Gasteiger partial charge in [0, 0.05) is 32.5 Å². The molecule has 1 aliphatic heterocycles. The Morgan fingerprint density at radius 2 is 2.24 bits per heavy atom. The van der Waals surface area contributed by atoms with Crippen molar-refractivity contribution in [1.82, 2.24) is 14.3 Å². The summed E-state index contributed by atoms with van der Waals surface area (Å²) >= 11 is 0. The molecule has 7 nitrogen and oxygen atoms in total. The van der Waals surface area contributed by atoms with E-state index in [1.807, 2.05) is 12.1 Å². The van der Waals surface area contributed by atoms with Crippen LogP contribution in [-0.2, 0) is 9.53 Å². The van der Waals surface area contributed by atoms with E-state index in [0.717, 1.165) is 0 Å². The van der Waals surface area contributed by atoms with Gasteiger partial charge in [0.05, 0.1) is 6.10 Å². The molecule has 7 heteroatoms. The van der Waals surface area contributed by atoms with Crippen molar-refractivity contribution in [3.05, 3.63) is 36.3 Å². The molecule has 0 saturated carbocycles. The summed E-state index contributed by atoms with van der Waals surface area (Å²) in [5.74, 6) is -1.41. The maximum Gasteiger partial charge on any atom is 0.326 e. The molecule has 110 valence electrons. The van der Waals surface area contributed by atoms with E-state index in [1.165, 1.54) is 12.0 Å². The first-order chi connectivity index (χ1) is 10.1. The Kier molecular flexibility index (Phi) is 3.34. The third kappa shape index (κ3) is 2.36. The van der Waals surface area contributed by atoms with Crippen LogP contribution < -0.4 is 0 Å². The van der Waals surface area contributed by atoms with Gasteiger partial charge in [-0.05, 0) is 12.1 Å². The second-order valence-electron chi connectivity index (χ2n) is 5.00. The Labute approximate surface area is 120 Å². The normalized spacial score (nSPS) is 21.9. The highest BCUT2D eigenvalue weighted by atomic mass is 16.5. The number of imidazole rings is 1. The molecule has 1 saturated heterocycles. The Balaban J connectivity index is 1.91. The molecule has 1 aliphatic rings. The summed E-state index contributed by atoms with van der Waals surface area (Å²) in [6, 6.07) is 4.58. The molecule has 0 bridgehead atoms. The van der Waals surface area contributed by atoms with Gasteiger partial charge in [-0.3, -0.25) is 4.79 Å². The lowest BCUT2D eigenvalue weighted by molar-refractivity contribution is -0.141. The van der Waals surface area contributed by atoms with Gasteiger partial charge in [0.15, 0.2) is 0 Å². The van der Waals surface area contributed by atoms with Gasteiger partial charge in [0.2, 0.25) is 0 Å². The number of aliphatic carboxylic acids is 1. The number of ether oxygens (including phenoxy) is 1. The standard InChI is InChI=1S/C14H15N3O4/c1-21-9-6-11(14(19)20)17(7-9)13(18)10-8-16-5-3-2-4-12(16)15-10/h2-5,8-9,11H,6-7H2,1H3,(H,19,20). The molecular weight excluding hydrogens is 274 g/mol. The van der Waals surface area contributed by atoms with Gasteiger partial charge in [-0.25, -0.2) is 9.78 Å². The number of rotatable bonds is 3. The minimum absolute atomic E-state index is 0.240. The van der Waals surface area contributed by atoms with Gasteiger partial charge in [-0.1, -0.05) is 6.07 Å². The van der Waals surface area contributed by atoms with Crippen molar-refractivity contribution in [2.45, 2.75) is 18.6 Å². The smallest absolute Gasteiger partial charge is 0.326 e. The molecule has 2 aromatic rings. The van der Waals surface area contributed by atoms with Crippen LogP contribution in [0.2, 0.25) is 0 Å². The van der Waals surface area contributed by atoms with Gasteiger partial charge < -0.3 is 19.1 Å². The number of carbonyl (C=O) groups excluding carboxylic acids is 1. The number of aromatic nitrogens is 2. The number of likely N-dealkylation sites (tertiary alicyclic amines) is 1. The number of hydrogen-bond acceptors (Lipinski definition) is 4. The number of fused-ring (bicyclic) bond motifs is 1. The summed E-state index contributed by atoms with van der Waals surface area (Å²) in [5.41, 5.74) is 0.888. The van der Waals surface area contributed by atoms with Crippen LogP contribution in [0, 0.1) is 0 Å². The van der Waals surface area contributed by atoms with Gasteiger partial charge in [-0.15, -0.1) is 0 Å². The van der Waals surface area contributed by atoms with E-state index in [9.17, 15) is 14.7 Å². The number of carboxylic acid groups (broad SMARTS) is 1. The minimum Gasteiger partial charge on any atom is -0.480 e. The molecule has 2 atom stereocenters. The molecule has 3 rings (SSSR count). The first kappa shape index (κ1) is 13.6. The number of carboxylic acids is 1. The van der Waals surface area contributed by atoms with Crippen LogP contribution >= 0.6 is 0 Å². The quantitative estimate of drug-likeness (QED) is 0.896. The molecule has 1 N–H and O–H groups in total. The van der Waals surface area contributed by atoms with Gasteiger partial charge in [0.25, 0.3) is 5.91 Å². The van der Waals surface area contributed by atoms with Crippen LogP contribution in [0.15, 0.2) is 30.6 Å². The average molecular weight is 289 g/mol. The Bertz CT molecular complexity index is 663. The SMILES string of the molecule is COC1CC(C(=O)O)N(C(=O)c2cn3ccccc3n2)C1.